The van der Waals surface area contributed by atoms with Gasteiger partial charge in [-0.2, -0.15) is 4.98 Å². The molecule has 2 aliphatic carbocycles. The lowest BCUT2D eigenvalue weighted by Gasteiger charge is -2.35. The van der Waals surface area contributed by atoms with Gasteiger partial charge in [0, 0.05) is 28.7 Å². The van der Waals surface area contributed by atoms with Crippen molar-refractivity contribution in [3.63, 3.8) is 0 Å². The summed E-state index contributed by atoms with van der Waals surface area (Å²) in [5.41, 5.74) is -0.317. The third kappa shape index (κ3) is 8.10. The summed E-state index contributed by atoms with van der Waals surface area (Å²) in [6.45, 7) is 9.23. The Morgan fingerprint density at radius 2 is 1.79 bits per heavy atom. The molecular weight excluding hydrogens is 827 g/mol. The van der Waals surface area contributed by atoms with Crippen LogP contribution in [-0.4, -0.2) is 102 Å². The SMILES string of the molecule is C=C[C@@H]1C[C@]1(NC(=O)[C@@H]1C[C@@H](Oc2nc(-c3ccc(OC)cc3)nc3c2oc2ccccc23)CN1C(=O)[C@@H](Nc1nc(C(=O)OC)cs1)C(C)(C)C)C(=O)NS(=O)(=O)C1CC1. The summed E-state index contributed by atoms with van der Waals surface area (Å²) >= 11 is 1.11. The maximum Gasteiger partial charge on any atom is 0.357 e. The molecule has 3 N–H and O–H groups in total. The van der Waals surface area contributed by atoms with E-state index >= 15 is 0 Å². The number of fused-ring (bicyclic) bond motifs is 3. The summed E-state index contributed by atoms with van der Waals surface area (Å²) in [5.74, 6) is -2.17. The molecule has 1 saturated heterocycles. The van der Waals surface area contributed by atoms with Gasteiger partial charge in [0.15, 0.2) is 16.6 Å². The molecule has 0 spiro atoms. The van der Waals surface area contributed by atoms with Crippen LogP contribution in [0.3, 0.4) is 0 Å². The number of benzene rings is 2. The normalized spacial score (nSPS) is 21.7. The minimum absolute atomic E-state index is 0.0431. The Kier molecular flexibility index (Phi) is 10.8. The fourth-order valence-electron chi connectivity index (χ4n) is 7.54. The van der Waals surface area contributed by atoms with E-state index in [1.807, 2.05) is 51.1 Å². The van der Waals surface area contributed by atoms with E-state index < -0.39 is 74.0 Å². The Labute approximate surface area is 355 Å². The topological polar surface area (TPSA) is 221 Å². The van der Waals surface area contributed by atoms with E-state index in [2.05, 4.69) is 26.9 Å². The largest absolute Gasteiger partial charge is 0.497 e. The van der Waals surface area contributed by atoms with Crippen LogP contribution in [0.2, 0.25) is 0 Å². The molecule has 3 fully saturated rings. The second-order valence-corrected chi connectivity index (χ2v) is 19.3. The number of methoxy groups -OCH3 is 2. The van der Waals surface area contributed by atoms with Gasteiger partial charge in [-0.1, -0.05) is 39.0 Å². The van der Waals surface area contributed by atoms with Crippen LogP contribution in [-0.2, 0) is 29.1 Å². The highest BCUT2D eigenvalue weighted by molar-refractivity contribution is 7.91. The van der Waals surface area contributed by atoms with Crippen molar-refractivity contribution in [2.45, 2.75) is 75.4 Å². The first-order chi connectivity index (χ1) is 29.0. The molecule has 4 heterocycles. The first-order valence-corrected chi connectivity index (χ1v) is 22.1. The summed E-state index contributed by atoms with van der Waals surface area (Å²) in [6.07, 6.45) is 1.61. The molecule has 0 radical (unpaired) electrons. The van der Waals surface area contributed by atoms with Crippen molar-refractivity contribution in [2.24, 2.45) is 11.3 Å². The number of rotatable bonds is 14. The Bertz CT molecular complexity index is 2670. The summed E-state index contributed by atoms with van der Waals surface area (Å²) < 4.78 is 50.9. The molecule has 1 aliphatic heterocycles. The van der Waals surface area contributed by atoms with Gasteiger partial charge in [0.05, 0.1) is 26.0 Å². The minimum atomic E-state index is -3.94. The highest BCUT2D eigenvalue weighted by Crippen LogP contribution is 2.46. The summed E-state index contributed by atoms with van der Waals surface area (Å²) in [7, 11) is -1.13. The van der Waals surface area contributed by atoms with Gasteiger partial charge < -0.3 is 34.2 Å². The van der Waals surface area contributed by atoms with E-state index in [1.54, 1.807) is 25.3 Å². The first-order valence-electron chi connectivity index (χ1n) is 19.7. The van der Waals surface area contributed by atoms with Gasteiger partial charge in [-0.15, -0.1) is 17.9 Å². The van der Waals surface area contributed by atoms with Crippen LogP contribution in [0.25, 0.3) is 33.5 Å². The van der Waals surface area contributed by atoms with E-state index in [0.29, 0.717) is 41.1 Å². The number of aromatic nitrogens is 3. The van der Waals surface area contributed by atoms with Crippen LogP contribution in [0.4, 0.5) is 5.13 Å². The molecule has 61 heavy (non-hydrogen) atoms. The molecule has 320 valence electrons. The molecule has 0 unspecified atom stereocenters. The van der Waals surface area contributed by atoms with Gasteiger partial charge in [-0.05, 0) is 61.1 Å². The standard InChI is InChI=1S/C42H45N7O10S2/c1-7-23-19-42(23,39(53)48-61(54,55)26-16-17-26)47-35(50)29-18-25(20-49(29)37(51)33(41(2,3)4)45-40-43-28(21-60-40)38(52)57-6)58-36-32-31(27-10-8-9-11-30(27)59-32)44-34(46-36)22-12-14-24(56-5)15-13-22/h7-15,21,23,25-26,29,33H,1,16-20H2,2-6H3,(H,43,45)(H,47,50)(H,48,53)/t23-,25-,29+,33-,42-/m1/s1. The van der Waals surface area contributed by atoms with Crippen LogP contribution in [0.1, 0.15) is 56.9 Å². The van der Waals surface area contributed by atoms with Crippen molar-refractivity contribution < 1.29 is 46.2 Å². The van der Waals surface area contributed by atoms with Crippen LogP contribution >= 0.6 is 11.3 Å². The molecule has 3 aromatic heterocycles. The summed E-state index contributed by atoms with van der Waals surface area (Å²) in [6, 6.07) is 12.4. The predicted octanol–water partition coefficient (Wildman–Crippen LogP) is 4.84. The molecule has 5 aromatic rings. The quantitative estimate of drug-likeness (QED) is 0.100. The molecule has 0 bridgehead atoms. The van der Waals surface area contributed by atoms with Crippen molar-refractivity contribution in [2.75, 3.05) is 26.1 Å². The average molecular weight is 872 g/mol. The number of anilines is 1. The zero-order valence-corrected chi connectivity index (χ0v) is 35.7. The van der Waals surface area contributed by atoms with Crippen molar-refractivity contribution in [3.05, 3.63) is 72.3 Å². The Morgan fingerprint density at radius 3 is 2.44 bits per heavy atom. The van der Waals surface area contributed by atoms with Gasteiger partial charge in [0.25, 0.3) is 11.8 Å². The average Bonchev–Trinajstić information content (AvgIpc) is 4.07. The third-order valence-corrected chi connectivity index (χ3v) is 13.8. The molecule has 3 amide bonds. The van der Waals surface area contributed by atoms with Crippen molar-refractivity contribution in [1.82, 2.24) is 29.9 Å². The Hall–Kier alpha value is -6.08. The van der Waals surface area contributed by atoms with Crippen LogP contribution in [0.15, 0.2) is 71.0 Å². The predicted molar refractivity (Wildman–Crippen MR) is 225 cm³/mol. The zero-order chi connectivity index (χ0) is 43.4. The lowest BCUT2D eigenvalue weighted by molar-refractivity contribution is -0.141. The lowest BCUT2D eigenvalue weighted by atomic mass is 9.85. The highest BCUT2D eigenvalue weighted by atomic mass is 32.2. The number of carbonyl (C=O) groups excluding carboxylic acids is 4. The second-order valence-electron chi connectivity index (χ2n) is 16.5. The Balaban J connectivity index is 1.15. The van der Waals surface area contributed by atoms with Gasteiger partial charge in [-0.3, -0.25) is 19.1 Å². The fourth-order valence-corrected chi connectivity index (χ4v) is 9.62. The number of sulfonamides is 1. The maximum absolute atomic E-state index is 14.9. The van der Waals surface area contributed by atoms with Gasteiger partial charge in [0.2, 0.25) is 27.4 Å². The minimum Gasteiger partial charge on any atom is -0.497 e. The van der Waals surface area contributed by atoms with Gasteiger partial charge >= 0.3 is 5.97 Å². The third-order valence-electron chi connectivity index (χ3n) is 11.2. The molecule has 3 aliphatic rings. The van der Waals surface area contributed by atoms with E-state index in [9.17, 15) is 27.6 Å². The van der Waals surface area contributed by atoms with Gasteiger partial charge in [-0.25, -0.2) is 23.2 Å². The number of hydrogen-bond acceptors (Lipinski definition) is 15. The van der Waals surface area contributed by atoms with E-state index in [4.69, 9.17) is 28.6 Å². The number of carbonyl (C=O) groups is 4. The highest BCUT2D eigenvalue weighted by Gasteiger charge is 2.62. The molecular formula is C42H45N7O10S2. The van der Waals surface area contributed by atoms with E-state index in [1.165, 1.54) is 23.5 Å². The smallest absolute Gasteiger partial charge is 0.357 e. The monoisotopic (exact) mass is 871 g/mol. The number of nitrogens with one attached hydrogen (secondary N) is 3. The number of likely N-dealkylation sites (tertiary alicyclic amines) is 1. The molecule has 2 saturated carbocycles. The van der Waals surface area contributed by atoms with E-state index in [0.717, 1.165) is 16.7 Å². The molecule has 8 rings (SSSR count). The number of ether oxygens (including phenoxy) is 3. The fraction of sp³-hybridized carbons (Fsp3) is 0.405. The number of amides is 3. The zero-order valence-electron chi connectivity index (χ0n) is 34.1. The molecule has 17 nitrogen and oxygen atoms in total. The molecule has 5 atom stereocenters. The second kappa shape index (κ2) is 15.7. The van der Waals surface area contributed by atoms with Crippen LogP contribution in [0, 0.1) is 11.3 Å². The summed E-state index contributed by atoms with van der Waals surface area (Å²) in [5, 5.41) is 7.85. The number of para-hydroxylation sites is 1. The lowest BCUT2D eigenvalue weighted by Crippen LogP contribution is -2.58. The Morgan fingerprint density at radius 1 is 1.05 bits per heavy atom. The number of hydrogen-bond donors (Lipinski definition) is 3. The molecule has 2 aromatic carbocycles. The molecule has 19 heteroatoms. The van der Waals surface area contributed by atoms with Crippen molar-refractivity contribution in [1.29, 1.82) is 0 Å². The number of nitrogens with zero attached hydrogens (tertiary/aromatic N) is 4. The van der Waals surface area contributed by atoms with Crippen molar-refractivity contribution >= 4 is 72.3 Å². The number of thiazole rings is 1. The van der Waals surface area contributed by atoms with E-state index in [-0.39, 0.29) is 41.7 Å². The maximum atomic E-state index is 14.9. The number of furan rings is 1. The summed E-state index contributed by atoms with van der Waals surface area (Å²) in [4.78, 5) is 70.8. The van der Waals surface area contributed by atoms with Crippen LogP contribution in [0.5, 0.6) is 11.6 Å². The van der Waals surface area contributed by atoms with Gasteiger partial charge in [0.1, 0.15) is 40.6 Å². The van der Waals surface area contributed by atoms with Crippen LogP contribution < -0.4 is 24.8 Å². The number of esters is 1. The van der Waals surface area contributed by atoms with Crippen molar-refractivity contribution in [3.8, 4) is 23.0 Å². The first kappa shape index (κ1) is 41.6.